The summed E-state index contributed by atoms with van der Waals surface area (Å²) in [4.78, 5) is 30.2. The number of aryl methyl sites for hydroxylation is 1. The van der Waals surface area contributed by atoms with E-state index in [0.29, 0.717) is 16.4 Å². The molecule has 1 N–H and O–H groups in total. The second-order valence-electron chi connectivity index (χ2n) is 5.63. The zero-order chi connectivity index (χ0) is 16.8. The third-order valence-corrected chi connectivity index (χ3v) is 4.19. The van der Waals surface area contributed by atoms with Gasteiger partial charge in [0.05, 0.1) is 11.1 Å². The van der Waals surface area contributed by atoms with Gasteiger partial charge in [0.15, 0.2) is 5.82 Å². The van der Waals surface area contributed by atoms with Crippen LogP contribution in [0.15, 0.2) is 58.1 Å². The molecule has 0 bridgehead atoms. The molecular weight excluding hydrogens is 326 g/mol. The number of fused-ring (bicyclic) bond motifs is 2. The molecule has 0 aliphatic carbocycles. The number of H-pyrrole nitrogens is 1. The summed E-state index contributed by atoms with van der Waals surface area (Å²) in [5.41, 5.74) is 1.95. The highest BCUT2D eigenvalue weighted by atomic mass is 35.5. The van der Waals surface area contributed by atoms with Gasteiger partial charge < -0.3 is 0 Å². The highest BCUT2D eigenvalue weighted by molar-refractivity contribution is 6.30. The first-order valence-electron chi connectivity index (χ1n) is 7.35. The average Bonchev–Trinajstić information content (AvgIpc) is 2.54. The van der Waals surface area contributed by atoms with E-state index in [0.717, 1.165) is 22.2 Å². The van der Waals surface area contributed by atoms with Gasteiger partial charge in [0, 0.05) is 10.7 Å². The minimum Gasteiger partial charge on any atom is -0.294 e. The molecule has 6 heteroatoms. The van der Waals surface area contributed by atoms with Crippen molar-refractivity contribution in [2.45, 2.75) is 6.92 Å². The highest BCUT2D eigenvalue weighted by Gasteiger charge is 2.18. The van der Waals surface area contributed by atoms with Crippen LogP contribution in [0.25, 0.3) is 28.0 Å². The summed E-state index contributed by atoms with van der Waals surface area (Å²) in [5.74, 6) is 0.323. The molecule has 5 nitrogen and oxygen atoms in total. The standard InChI is InChI=1S/C18H12ClN3O2/c1-10-2-3-11-9-14-16(20-18(24)21-17(14)23)22(15(11)8-10)13-6-4-12(19)5-7-13/h2-9H,1H3,(H,21,23,24). The van der Waals surface area contributed by atoms with E-state index in [9.17, 15) is 9.59 Å². The number of nitrogens with zero attached hydrogens (tertiary/aromatic N) is 2. The second-order valence-corrected chi connectivity index (χ2v) is 6.06. The Bertz CT molecular complexity index is 1160. The number of nitrogens with one attached hydrogen (secondary N) is 1. The molecule has 2 aliphatic rings. The Morgan fingerprint density at radius 2 is 1.79 bits per heavy atom. The molecule has 0 atom stereocenters. The van der Waals surface area contributed by atoms with Gasteiger partial charge in [-0.25, -0.2) is 4.79 Å². The van der Waals surface area contributed by atoms with Gasteiger partial charge in [0.1, 0.15) is 0 Å². The quantitative estimate of drug-likeness (QED) is 0.542. The van der Waals surface area contributed by atoms with E-state index in [1.165, 1.54) is 0 Å². The van der Waals surface area contributed by atoms with E-state index in [-0.39, 0.29) is 0 Å². The smallest absolute Gasteiger partial charge is 0.294 e. The van der Waals surface area contributed by atoms with Crippen molar-refractivity contribution in [2.24, 2.45) is 0 Å². The summed E-state index contributed by atoms with van der Waals surface area (Å²) in [6, 6.07) is 14.8. The molecule has 0 fully saturated rings. The molecule has 0 aromatic heterocycles. The predicted molar refractivity (Wildman–Crippen MR) is 94.3 cm³/mol. The van der Waals surface area contributed by atoms with Crippen molar-refractivity contribution in [2.75, 3.05) is 0 Å². The molecule has 24 heavy (non-hydrogen) atoms. The molecule has 0 saturated heterocycles. The molecule has 0 radical (unpaired) electrons. The van der Waals surface area contributed by atoms with Gasteiger partial charge >= 0.3 is 5.69 Å². The lowest BCUT2D eigenvalue weighted by Gasteiger charge is -2.18. The van der Waals surface area contributed by atoms with E-state index in [2.05, 4.69) is 9.97 Å². The molecule has 118 valence electrons. The lowest BCUT2D eigenvalue weighted by atomic mass is 10.1. The molecule has 2 aliphatic heterocycles. The number of rotatable bonds is 1. The van der Waals surface area contributed by atoms with Crippen LogP contribution >= 0.6 is 11.6 Å². The fourth-order valence-electron chi connectivity index (χ4n) is 2.84. The van der Waals surface area contributed by atoms with Crippen molar-refractivity contribution in [1.82, 2.24) is 14.5 Å². The lowest BCUT2D eigenvalue weighted by Crippen LogP contribution is -2.27. The molecule has 2 aromatic rings. The van der Waals surface area contributed by atoms with E-state index in [1.54, 1.807) is 18.2 Å². The predicted octanol–water partition coefficient (Wildman–Crippen LogP) is 3.14. The largest absolute Gasteiger partial charge is 0.349 e. The summed E-state index contributed by atoms with van der Waals surface area (Å²) >= 11 is 5.98. The molecule has 0 amide bonds. The molecule has 0 unspecified atom stereocenters. The van der Waals surface area contributed by atoms with Crippen LogP contribution in [0.4, 0.5) is 0 Å². The fraction of sp³-hybridized carbons (Fsp3) is 0.0556. The zero-order valence-corrected chi connectivity index (χ0v) is 13.5. The molecule has 0 spiro atoms. The average molecular weight is 338 g/mol. The SMILES string of the molecule is Cc1ccc2cc3c(=O)[nH]c(=O)nc-3n(-c3ccc(Cl)cc3)c2c1. The minimum atomic E-state index is -0.665. The van der Waals surface area contributed by atoms with Crippen LogP contribution in [0.2, 0.25) is 5.02 Å². The number of hydrogen-bond donors (Lipinski definition) is 1. The summed E-state index contributed by atoms with van der Waals surface area (Å²) < 4.78 is 1.81. The first-order valence-corrected chi connectivity index (χ1v) is 7.73. The Balaban J connectivity index is 2.25. The number of hydrogen-bond acceptors (Lipinski definition) is 3. The van der Waals surface area contributed by atoms with Crippen LogP contribution < -0.4 is 11.2 Å². The van der Waals surface area contributed by atoms with Crippen molar-refractivity contribution in [3.05, 3.63) is 80.0 Å². The molecule has 2 aromatic carbocycles. The van der Waals surface area contributed by atoms with Gasteiger partial charge in [-0.1, -0.05) is 23.7 Å². The second kappa shape index (κ2) is 5.32. The van der Waals surface area contributed by atoms with Crippen LogP contribution in [0.1, 0.15) is 5.56 Å². The first kappa shape index (κ1) is 14.7. The van der Waals surface area contributed by atoms with Crippen molar-refractivity contribution in [3.8, 4) is 17.1 Å². The molecular formula is C18H12ClN3O2. The summed E-state index contributed by atoms with van der Waals surface area (Å²) in [5, 5.41) is 1.49. The maximum atomic E-state index is 12.2. The third-order valence-electron chi connectivity index (χ3n) is 3.94. The Kier molecular flexibility index (Phi) is 3.25. The maximum Gasteiger partial charge on any atom is 0.349 e. The van der Waals surface area contributed by atoms with Crippen LogP contribution in [-0.4, -0.2) is 14.5 Å². The van der Waals surface area contributed by atoms with E-state index in [4.69, 9.17) is 11.6 Å². The van der Waals surface area contributed by atoms with Gasteiger partial charge in [0.25, 0.3) is 5.56 Å². The van der Waals surface area contributed by atoms with Crippen molar-refractivity contribution >= 4 is 22.5 Å². The van der Waals surface area contributed by atoms with Gasteiger partial charge in [-0.3, -0.25) is 14.3 Å². The Labute approximate surface area is 141 Å². The van der Waals surface area contributed by atoms with E-state index < -0.39 is 11.2 Å². The number of aromatic nitrogens is 3. The first-order chi connectivity index (χ1) is 11.5. The Hall–Kier alpha value is -2.92. The summed E-state index contributed by atoms with van der Waals surface area (Å²) in [7, 11) is 0. The van der Waals surface area contributed by atoms with Gasteiger partial charge in [-0.2, -0.15) is 4.98 Å². The van der Waals surface area contributed by atoms with Crippen molar-refractivity contribution < 1.29 is 0 Å². The number of aromatic amines is 1. The molecule has 0 saturated carbocycles. The minimum absolute atomic E-state index is 0.323. The number of pyridine rings is 1. The molecule has 4 rings (SSSR count). The van der Waals surface area contributed by atoms with E-state index >= 15 is 0 Å². The van der Waals surface area contributed by atoms with Crippen LogP contribution in [0, 0.1) is 6.92 Å². The number of benzene rings is 2. The van der Waals surface area contributed by atoms with Crippen LogP contribution in [-0.2, 0) is 0 Å². The maximum absolute atomic E-state index is 12.2. The van der Waals surface area contributed by atoms with Crippen molar-refractivity contribution in [1.29, 1.82) is 0 Å². The highest BCUT2D eigenvalue weighted by Crippen LogP contribution is 2.28. The number of halogens is 1. The van der Waals surface area contributed by atoms with Crippen LogP contribution in [0.3, 0.4) is 0 Å². The molecule has 2 heterocycles. The lowest BCUT2D eigenvalue weighted by molar-refractivity contribution is 0.959. The van der Waals surface area contributed by atoms with Crippen molar-refractivity contribution in [3.63, 3.8) is 0 Å². The normalized spacial score (nSPS) is 11.2. The van der Waals surface area contributed by atoms with Gasteiger partial charge in [0.2, 0.25) is 0 Å². The van der Waals surface area contributed by atoms with Crippen LogP contribution in [0.5, 0.6) is 0 Å². The Morgan fingerprint density at radius 3 is 2.54 bits per heavy atom. The topological polar surface area (TPSA) is 67.8 Å². The monoisotopic (exact) mass is 337 g/mol. The van der Waals surface area contributed by atoms with Gasteiger partial charge in [-0.15, -0.1) is 0 Å². The third kappa shape index (κ3) is 2.30. The Morgan fingerprint density at radius 1 is 1.04 bits per heavy atom. The fourth-order valence-corrected chi connectivity index (χ4v) is 2.97. The zero-order valence-electron chi connectivity index (χ0n) is 12.7. The summed E-state index contributed by atoms with van der Waals surface area (Å²) in [6.45, 7) is 1.99. The summed E-state index contributed by atoms with van der Waals surface area (Å²) in [6.07, 6.45) is 0. The van der Waals surface area contributed by atoms with Gasteiger partial charge in [-0.05, 0) is 54.3 Å². The van der Waals surface area contributed by atoms with E-state index in [1.807, 2.05) is 41.8 Å².